The number of rotatable bonds is 6. The smallest absolute Gasteiger partial charge is 0.337 e. The molecule has 0 bridgehead atoms. The molecular formula is C15H22N2O3. The SMILES string of the molecule is CC(C)CCCNC(=O)N(C)c1ccccc1C(=O)O. The van der Waals surface area contributed by atoms with Gasteiger partial charge in [0.05, 0.1) is 11.3 Å². The molecule has 0 aromatic heterocycles. The minimum absolute atomic E-state index is 0.118. The first-order valence-corrected chi connectivity index (χ1v) is 6.77. The lowest BCUT2D eigenvalue weighted by Gasteiger charge is -2.20. The minimum Gasteiger partial charge on any atom is -0.478 e. The second-order valence-corrected chi connectivity index (χ2v) is 5.15. The lowest BCUT2D eigenvalue weighted by molar-refractivity contribution is 0.0697. The molecule has 5 nitrogen and oxygen atoms in total. The van der Waals surface area contributed by atoms with Crippen LogP contribution in [0.2, 0.25) is 0 Å². The summed E-state index contributed by atoms with van der Waals surface area (Å²) in [5.74, 6) is -0.433. The second kappa shape index (κ2) is 7.53. The van der Waals surface area contributed by atoms with Gasteiger partial charge in [-0.1, -0.05) is 26.0 Å². The molecule has 1 aromatic carbocycles. The van der Waals surface area contributed by atoms with E-state index in [1.807, 2.05) is 0 Å². The standard InChI is InChI=1S/C15H22N2O3/c1-11(2)7-6-10-16-15(20)17(3)13-9-5-4-8-12(13)14(18)19/h4-5,8-9,11H,6-7,10H2,1-3H3,(H,16,20)(H,18,19). The quantitative estimate of drug-likeness (QED) is 0.786. The number of hydrogen-bond donors (Lipinski definition) is 2. The molecule has 0 atom stereocenters. The number of hydrogen-bond acceptors (Lipinski definition) is 2. The van der Waals surface area contributed by atoms with Gasteiger partial charge in [0.2, 0.25) is 0 Å². The maximum atomic E-state index is 12.0. The summed E-state index contributed by atoms with van der Waals surface area (Å²) in [6.07, 6.45) is 1.97. The summed E-state index contributed by atoms with van der Waals surface area (Å²) in [5, 5.41) is 11.9. The maximum Gasteiger partial charge on any atom is 0.337 e. The van der Waals surface area contributed by atoms with Crippen LogP contribution in [0.15, 0.2) is 24.3 Å². The van der Waals surface area contributed by atoms with Crippen LogP contribution in [0, 0.1) is 5.92 Å². The van der Waals surface area contributed by atoms with Crippen LogP contribution in [0.1, 0.15) is 37.0 Å². The van der Waals surface area contributed by atoms with Gasteiger partial charge >= 0.3 is 12.0 Å². The van der Waals surface area contributed by atoms with Crippen molar-refractivity contribution in [2.45, 2.75) is 26.7 Å². The minimum atomic E-state index is -1.04. The van der Waals surface area contributed by atoms with E-state index in [1.54, 1.807) is 25.2 Å². The number of carbonyl (C=O) groups excluding carboxylic acids is 1. The van der Waals surface area contributed by atoms with Crippen LogP contribution in [0.3, 0.4) is 0 Å². The highest BCUT2D eigenvalue weighted by molar-refractivity contribution is 6.01. The zero-order valence-corrected chi connectivity index (χ0v) is 12.2. The highest BCUT2D eigenvalue weighted by Gasteiger charge is 2.17. The Bertz CT molecular complexity index is 472. The molecule has 0 unspecified atom stereocenters. The Hall–Kier alpha value is -2.04. The average Bonchev–Trinajstić information content (AvgIpc) is 2.42. The number of carboxylic acids is 1. The van der Waals surface area contributed by atoms with E-state index in [0.717, 1.165) is 12.8 Å². The largest absolute Gasteiger partial charge is 0.478 e. The topological polar surface area (TPSA) is 69.6 Å². The van der Waals surface area contributed by atoms with E-state index in [0.29, 0.717) is 18.2 Å². The van der Waals surface area contributed by atoms with Crippen molar-refractivity contribution < 1.29 is 14.7 Å². The van der Waals surface area contributed by atoms with Crippen LogP contribution in [0.25, 0.3) is 0 Å². The third kappa shape index (κ3) is 4.57. The number of nitrogens with one attached hydrogen (secondary N) is 1. The highest BCUT2D eigenvalue weighted by Crippen LogP contribution is 2.19. The Morgan fingerprint density at radius 3 is 2.55 bits per heavy atom. The lowest BCUT2D eigenvalue weighted by atomic mass is 10.1. The van der Waals surface area contributed by atoms with Crippen LogP contribution >= 0.6 is 0 Å². The fraction of sp³-hybridized carbons (Fsp3) is 0.467. The molecule has 0 aliphatic carbocycles. The van der Waals surface area contributed by atoms with Crippen molar-refractivity contribution in [2.24, 2.45) is 5.92 Å². The van der Waals surface area contributed by atoms with Gasteiger partial charge in [-0.2, -0.15) is 0 Å². The fourth-order valence-corrected chi connectivity index (χ4v) is 1.88. The van der Waals surface area contributed by atoms with E-state index < -0.39 is 5.97 Å². The van der Waals surface area contributed by atoms with Gasteiger partial charge in [-0.25, -0.2) is 9.59 Å². The monoisotopic (exact) mass is 278 g/mol. The summed E-state index contributed by atoms with van der Waals surface area (Å²) in [5.41, 5.74) is 0.508. The number of aromatic carboxylic acids is 1. The summed E-state index contributed by atoms with van der Waals surface area (Å²) in [4.78, 5) is 24.4. The van der Waals surface area contributed by atoms with Crippen molar-refractivity contribution in [1.29, 1.82) is 0 Å². The molecule has 0 radical (unpaired) electrons. The molecule has 1 aromatic rings. The Morgan fingerprint density at radius 2 is 1.95 bits per heavy atom. The van der Waals surface area contributed by atoms with Crippen molar-refractivity contribution in [3.8, 4) is 0 Å². The van der Waals surface area contributed by atoms with E-state index in [9.17, 15) is 9.59 Å². The van der Waals surface area contributed by atoms with Crippen molar-refractivity contribution in [3.63, 3.8) is 0 Å². The van der Waals surface area contributed by atoms with Crippen molar-refractivity contribution in [3.05, 3.63) is 29.8 Å². The van der Waals surface area contributed by atoms with Crippen LogP contribution in [-0.4, -0.2) is 30.7 Å². The van der Waals surface area contributed by atoms with E-state index in [1.165, 1.54) is 11.0 Å². The molecule has 2 amide bonds. The van der Waals surface area contributed by atoms with E-state index in [2.05, 4.69) is 19.2 Å². The van der Waals surface area contributed by atoms with Gasteiger partial charge in [-0.15, -0.1) is 0 Å². The van der Waals surface area contributed by atoms with Crippen LogP contribution < -0.4 is 10.2 Å². The summed E-state index contributed by atoms with van der Waals surface area (Å²) < 4.78 is 0. The van der Waals surface area contributed by atoms with Gasteiger partial charge < -0.3 is 10.4 Å². The first-order chi connectivity index (χ1) is 9.43. The third-order valence-electron chi connectivity index (χ3n) is 3.03. The fourth-order valence-electron chi connectivity index (χ4n) is 1.88. The number of benzene rings is 1. The number of para-hydroxylation sites is 1. The number of anilines is 1. The van der Waals surface area contributed by atoms with Gasteiger partial charge in [-0.05, 0) is 30.9 Å². The van der Waals surface area contributed by atoms with Crippen molar-refractivity contribution in [1.82, 2.24) is 5.32 Å². The molecule has 1 rings (SSSR count). The van der Waals surface area contributed by atoms with Crippen molar-refractivity contribution >= 4 is 17.7 Å². The molecule has 0 fully saturated rings. The molecule has 110 valence electrons. The van der Waals surface area contributed by atoms with E-state index >= 15 is 0 Å². The predicted octanol–water partition coefficient (Wildman–Crippen LogP) is 2.97. The summed E-state index contributed by atoms with van der Waals surface area (Å²) in [6.45, 7) is 4.87. The van der Waals surface area contributed by atoms with Crippen LogP contribution in [0.5, 0.6) is 0 Å². The van der Waals surface area contributed by atoms with Gasteiger partial charge in [0.25, 0.3) is 0 Å². The number of nitrogens with zero attached hydrogens (tertiary/aromatic N) is 1. The van der Waals surface area contributed by atoms with Gasteiger partial charge in [0, 0.05) is 13.6 Å². The molecular weight excluding hydrogens is 256 g/mol. The normalized spacial score (nSPS) is 10.4. The van der Waals surface area contributed by atoms with Crippen molar-refractivity contribution in [2.75, 3.05) is 18.5 Å². The number of carboxylic acid groups (broad SMARTS) is 1. The molecule has 0 aliphatic heterocycles. The molecule has 0 aliphatic rings. The van der Waals surface area contributed by atoms with Crippen LogP contribution in [0.4, 0.5) is 10.5 Å². The summed E-state index contributed by atoms with van der Waals surface area (Å²) in [6, 6.07) is 6.17. The molecule has 0 heterocycles. The molecule has 0 saturated carbocycles. The first kappa shape index (κ1) is 16.0. The predicted molar refractivity (Wildman–Crippen MR) is 79.3 cm³/mol. The molecule has 2 N–H and O–H groups in total. The Balaban J connectivity index is 2.63. The van der Waals surface area contributed by atoms with Crippen LogP contribution in [-0.2, 0) is 0 Å². The number of amides is 2. The molecule has 20 heavy (non-hydrogen) atoms. The third-order valence-corrected chi connectivity index (χ3v) is 3.03. The average molecular weight is 278 g/mol. The Morgan fingerprint density at radius 1 is 1.30 bits per heavy atom. The second-order valence-electron chi connectivity index (χ2n) is 5.15. The number of urea groups is 1. The molecule has 0 saturated heterocycles. The first-order valence-electron chi connectivity index (χ1n) is 6.77. The molecule has 0 spiro atoms. The van der Waals surface area contributed by atoms with Gasteiger partial charge in [0.15, 0.2) is 0 Å². The zero-order valence-electron chi connectivity index (χ0n) is 12.2. The van der Waals surface area contributed by atoms with Gasteiger partial charge in [0.1, 0.15) is 0 Å². The zero-order chi connectivity index (χ0) is 15.1. The number of carbonyl (C=O) groups is 2. The Kier molecular flexibility index (Phi) is 6.03. The maximum absolute atomic E-state index is 12.0. The van der Waals surface area contributed by atoms with Gasteiger partial charge in [-0.3, -0.25) is 4.90 Å². The molecule has 5 heteroatoms. The summed E-state index contributed by atoms with van der Waals surface area (Å²) in [7, 11) is 1.57. The van der Waals surface area contributed by atoms with E-state index in [4.69, 9.17) is 5.11 Å². The Labute approximate surface area is 119 Å². The summed E-state index contributed by atoms with van der Waals surface area (Å²) >= 11 is 0. The van der Waals surface area contributed by atoms with E-state index in [-0.39, 0.29) is 11.6 Å². The lowest BCUT2D eigenvalue weighted by Crippen LogP contribution is -2.38. The highest BCUT2D eigenvalue weighted by atomic mass is 16.4.